The van der Waals surface area contributed by atoms with Crippen LogP contribution in [0.4, 0.5) is 5.13 Å². The molecule has 0 spiro atoms. The molecular weight excluding hydrogens is 388 g/mol. The quantitative estimate of drug-likeness (QED) is 0.669. The predicted octanol–water partition coefficient (Wildman–Crippen LogP) is 2.15. The van der Waals surface area contributed by atoms with Crippen LogP contribution >= 0.6 is 11.3 Å². The molecule has 1 aromatic heterocycles. The number of anilines is 1. The number of nitrogens with zero attached hydrogens (tertiary/aromatic N) is 3. The van der Waals surface area contributed by atoms with Gasteiger partial charge in [0.05, 0.1) is 11.5 Å². The van der Waals surface area contributed by atoms with E-state index in [-0.39, 0.29) is 10.5 Å². The van der Waals surface area contributed by atoms with Gasteiger partial charge < -0.3 is 4.74 Å². The number of carbonyl (C=O) groups excluding carboxylic acids is 1. The van der Waals surface area contributed by atoms with Crippen LogP contribution in [0.3, 0.4) is 0 Å². The van der Waals surface area contributed by atoms with Crippen molar-refractivity contribution in [3.05, 3.63) is 34.8 Å². The topological polar surface area (TPSA) is 101 Å². The van der Waals surface area contributed by atoms with Crippen molar-refractivity contribution in [1.82, 2.24) is 14.5 Å². The van der Waals surface area contributed by atoms with Gasteiger partial charge in [-0.25, -0.2) is 8.42 Å². The van der Waals surface area contributed by atoms with Crippen LogP contribution in [0.25, 0.3) is 0 Å². The molecule has 0 aliphatic carbocycles. The lowest BCUT2D eigenvalue weighted by molar-refractivity contribution is 0.102. The fraction of sp³-hybridized carbons (Fsp3) is 0.471. The summed E-state index contributed by atoms with van der Waals surface area (Å²) in [6.45, 7) is 4.15. The Balaban J connectivity index is 1.69. The summed E-state index contributed by atoms with van der Waals surface area (Å²) in [4.78, 5) is 12.6. The van der Waals surface area contributed by atoms with Crippen molar-refractivity contribution in [2.75, 3.05) is 31.6 Å². The van der Waals surface area contributed by atoms with Crippen LogP contribution in [0.2, 0.25) is 0 Å². The molecule has 8 nitrogen and oxygen atoms in total. The van der Waals surface area contributed by atoms with Gasteiger partial charge in [-0.05, 0) is 38.0 Å². The summed E-state index contributed by atoms with van der Waals surface area (Å²) in [5.41, 5.74) is 0.265. The zero-order valence-corrected chi connectivity index (χ0v) is 16.7. The molecule has 2 aromatic rings. The van der Waals surface area contributed by atoms with Crippen LogP contribution in [-0.2, 0) is 21.2 Å². The molecule has 0 bridgehead atoms. The van der Waals surface area contributed by atoms with Gasteiger partial charge in [-0.1, -0.05) is 17.4 Å². The molecule has 1 fully saturated rings. The third-order valence-electron chi connectivity index (χ3n) is 4.15. The van der Waals surface area contributed by atoms with E-state index in [4.69, 9.17) is 4.74 Å². The molecule has 1 saturated heterocycles. The van der Waals surface area contributed by atoms with Crippen LogP contribution in [0.5, 0.6) is 0 Å². The maximum absolute atomic E-state index is 12.7. The van der Waals surface area contributed by atoms with Crippen molar-refractivity contribution in [3.63, 3.8) is 0 Å². The lowest BCUT2D eigenvalue weighted by Crippen LogP contribution is -2.28. The molecular formula is C17H22N4O4S2. The maximum Gasteiger partial charge on any atom is 0.257 e. The third kappa shape index (κ3) is 4.89. The van der Waals surface area contributed by atoms with E-state index in [1.54, 1.807) is 12.1 Å². The second-order valence-corrected chi connectivity index (χ2v) is 9.04. The minimum absolute atomic E-state index is 0.131. The van der Waals surface area contributed by atoms with E-state index < -0.39 is 15.9 Å². The number of ether oxygens (including phenoxy) is 1. The molecule has 0 unspecified atom stereocenters. The van der Waals surface area contributed by atoms with Crippen molar-refractivity contribution in [2.24, 2.45) is 0 Å². The third-order valence-corrected chi connectivity index (χ3v) is 6.94. The van der Waals surface area contributed by atoms with Gasteiger partial charge in [0.1, 0.15) is 5.01 Å². The van der Waals surface area contributed by atoms with Crippen molar-refractivity contribution in [1.29, 1.82) is 0 Å². The predicted molar refractivity (Wildman–Crippen MR) is 102 cm³/mol. The average Bonchev–Trinajstić information content (AvgIpc) is 3.34. The number of nitrogens with one attached hydrogen (secondary N) is 1. The van der Waals surface area contributed by atoms with E-state index in [0.29, 0.717) is 37.9 Å². The highest BCUT2D eigenvalue weighted by Crippen LogP contribution is 2.22. The highest BCUT2D eigenvalue weighted by molar-refractivity contribution is 7.89. The Hall–Kier alpha value is -1.88. The SMILES string of the molecule is CCOCCc1nnc(NC(=O)c2cccc(S(=O)(=O)N3CCCC3)c2)s1. The van der Waals surface area contributed by atoms with Gasteiger partial charge in [0.15, 0.2) is 0 Å². The maximum atomic E-state index is 12.7. The van der Waals surface area contributed by atoms with Crippen molar-refractivity contribution in [2.45, 2.75) is 31.1 Å². The number of hydrogen-bond donors (Lipinski definition) is 1. The zero-order valence-electron chi connectivity index (χ0n) is 15.1. The van der Waals surface area contributed by atoms with Crippen LogP contribution in [0.1, 0.15) is 35.1 Å². The summed E-state index contributed by atoms with van der Waals surface area (Å²) >= 11 is 1.28. The fourth-order valence-corrected chi connectivity index (χ4v) is 5.03. The Bertz CT molecular complexity index is 892. The molecule has 1 aromatic carbocycles. The van der Waals surface area contributed by atoms with Gasteiger partial charge in [-0.3, -0.25) is 10.1 Å². The number of rotatable bonds is 8. The first-order chi connectivity index (χ1) is 13.0. The van der Waals surface area contributed by atoms with Crippen LogP contribution in [0, 0.1) is 0 Å². The molecule has 0 atom stereocenters. The Labute approximate surface area is 162 Å². The van der Waals surface area contributed by atoms with Gasteiger partial charge >= 0.3 is 0 Å². The molecule has 27 heavy (non-hydrogen) atoms. The Kier molecular flexibility index (Phi) is 6.53. The van der Waals surface area contributed by atoms with Crippen molar-refractivity contribution >= 4 is 32.4 Å². The first-order valence-corrected chi connectivity index (χ1v) is 11.1. The summed E-state index contributed by atoms with van der Waals surface area (Å²) < 4.78 is 32.0. The summed E-state index contributed by atoms with van der Waals surface area (Å²) in [5.74, 6) is -0.416. The molecule has 1 aliphatic rings. The molecule has 1 aliphatic heterocycles. The second-order valence-electron chi connectivity index (χ2n) is 6.04. The highest BCUT2D eigenvalue weighted by atomic mass is 32.2. The Morgan fingerprint density at radius 2 is 2.07 bits per heavy atom. The van der Waals surface area contributed by atoms with Gasteiger partial charge in [0.25, 0.3) is 5.91 Å². The Morgan fingerprint density at radius 3 is 2.81 bits per heavy atom. The van der Waals surface area contributed by atoms with E-state index in [0.717, 1.165) is 17.8 Å². The number of aromatic nitrogens is 2. The van der Waals surface area contributed by atoms with Crippen LogP contribution < -0.4 is 5.32 Å². The number of benzene rings is 1. The minimum atomic E-state index is -3.56. The van der Waals surface area contributed by atoms with Gasteiger partial charge in [-0.15, -0.1) is 10.2 Å². The standard InChI is InChI=1S/C17H22N4O4S2/c1-2-25-11-8-15-19-20-17(26-15)18-16(22)13-6-5-7-14(12-13)27(23,24)21-9-3-4-10-21/h5-7,12H,2-4,8-11H2,1H3,(H,18,20,22). The van der Waals surface area contributed by atoms with E-state index in [2.05, 4.69) is 15.5 Å². The lowest BCUT2D eigenvalue weighted by atomic mass is 10.2. The molecule has 0 saturated carbocycles. The van der Waals surface area contributed by atoms with Gasteiger partial charge in [0, 0.05) is 31.7 Å². The van der Waals surface area contributed by atoms with E-state index in [1.165, 1.54) is 27.8 Å². The molecule has 1 amide bonds. The smallest absolute Gasteiger partial charge is 0.257 e. The summed E-state index contributed by atoms with van der Waals surface area (Å²) in [7, 11) is -3.56. The fourth-order valence-electron chi connectivity index (χ4n) is 2.75. The first-order valence-electron chi connectivity index (χ1n) is 8.82. The van der Waals surface area contributed by atoms with Crippen LogP contribution in [-0.4, -0.2) is 55.1 Å². The normalized spacial score (nSPS) is 15.1. The molecule has 1 N–H and O–H groups in total. The molecule has 3 rings (SSSR count). The highest BCUT2D eigenvalue weighted by Gasteiger charge is 2.27. The van der Waals surface area contributed by atoms with E-state index >= 15 is 0 Å². The second kappa shape index (κ2) is 8.87. The average molecular weight is 411 g/mol. The minimum Gasteiger partial charge on any atom is -0.381 e. The molecule has 10 heteroatoms. The number of sulfonamides is 1. The van der Waals surface area contributed by atoms with E-state index in [9.17, 15) is 13.2 Å². The summed E-state index contributed by atoms with van der Waals surface area (Å²) in [6.07, 6.45) is 2.36. The number of hydrogen-bond acceptors (Lipinski definition) is 7. The zero-order chi connectivity index (χ0) is 19.3. The number of amides is 1. The van der Waals surface area contributed by atoms with Gasteiger partial charge in [0.2, 0.25) is 15.2 Å². The largest absolute Gasteiger partial charge is 0.381 e. The summed E-state index contributed by atoms with van der Waals surface area (Å²) in [6, 6.07) is 6.07. The van der Waals surface area contributed by atoms with E-state index in [1.807, 2.05) is 6.92 Å². The molecule has 0 radical (unpaired) electrons. The number of carbonyl (C=O) groups is 1. The Morgan fingerprint density at radius 1 is 1.30 bits per heavy atom. The van der Waals surface area contributed by atoms with Crippen molar-refractivity contribution < 1.29 is 17.9 Å². The monoisotopic (exact) mass is 410 g/mol. The summed E-state index contributed by atoms with van der Waals surface area (Å²) in [5, 5.41) is 11.8. The molecule has 146 valence electrons. The molecule has 2 heterocycles. The van der Waals surface area contributed by atoms with Crippen LogP contribution in [0.15, 0.2) is 29.2 Å². The van der Waals surface area contributed by atoms with Crippen molar-refractivity contribution in [3.8, 4) is 0 Å². The van der Waals surface area contributed by atoms with Gasteiger partial charge in [-0.2, -0.15) is 4.31 Å². The lowest BCUT2D eigenvalue weighted by Gasteiger charge is -2.15. The first kappa shape index (κ1) is 19.9.